The fraction of sp³-hybridized carbons (Fsp3) is 0.500. The van der Waals surface area contributed by atoms with Crippen LogP contribution in [0.2, 0.25) is 0 Å². The van der Waals surface area contributed by atoms with Gasteiger partial charge in [-0.2, -0.15) is 0 Å². The van der Waals surface area contributed by atoms with E-state index in [1.165, 1.54) is 11.3 Å². The maximum absolute atomic E-state index is 12.6. The second-order valence-corrected chi connectivity index (χ2v) is 7.24. The first-order chi connectivity index (χ1) is 9.65. The van der Waals surface area contributed by atoms with Crippen LogP contribution in [-0.4, -0.2) is 33.9 Å². The summed E-state index contributed by atoms with van der Waals surface area (Å²) < 4.78 is 0. The van der Waals surface area contributed by atoms with Gasteiger partial charge < -0.3 is 4.90 Å². The largest absolute Gasteiger partial charge is 0.337 e. The fourth-order valence-corrected chi connectivity index (χ4v) is 4.33. The molecule has 0 aromatic carbocycles. The lowest BCUT2D eigenvalue weighted by Crippen LogP contribution is -2.39. The normalized spacial score (nSPS) is 19.3. The Balaban J connectivity index is 1.77. The number of aromatic nitrogens is 2. The molecule has 2 aromatic heterocycles. The van der Waals surface area contributed by atoms with Gasteiger partial charge in [-0.05, 0) is 26.7 Å². The lowest BCUT2D eigenvalue weighted by atomic mass is 9.98. The molecule has 1 aliphatic heterocycles. The Morgan fingerprint density at radius 2 is 2.30 bits per heavy atom. The van der Waals surface area contributed by atoms with Crippen LogP contribution >= 0.6 is 22.7 Å². The number of hydrogen-bond donors (Lipinski definition) is 0. The van der Waals surface area contributed by atoms with Crippen molar-refractivity contribution < 1.29 is 4.79 Å². The van der Waals surface area contributed by atoms with Crippen molar-refractivity contribution in [2.75, 3.05) is 13.1 Å². The molecule has 1 aliphatic rings. The maximum Gasteiger partial charge on any atom is 0.265 e. The molecule has 1 fully saturated rings. The minimum Gasteiger partial charge on any atom is -0.337 e. The molecule has 0 aliphatic carbocycles. The van der Waals surface area contributed by atoms with Crippen LogP contribution in [0.5, 0.6) is 0 Å². The second kappa shape index (κ2) is 5.61. The molecule has 1 amide bonds. The Labute approximate surface area is 126 Å². The smallest absolute Gasteiger partial charge is 0.265 e. The number of nitrogens with zero attached hydrogens (tertiary/aromatic N) is 3. The van der Waals surface area contributed by atoms with Crippen molar-refractivity contribution in [3.05, 3.63) is 32.2 Å². The van der Waals surface area contributed by atoms with E-state index in [2.05, 4.69) is 9.97 Å². The van der Waals surface area contributed by atoms with Crippen molar-refractivity contribution in [2.45, 2.75) is 32.6 Å². The van der Waals surface area contributed by atoms with E-state index in [9.17, 15) is 4.79 Å². The highest BCUT2D eigenvalue weighted by Gasteiger charge is 2.28. The number of thiazole rings is 2. The summed E-state index contributed by atoms with van der Waals surface area (Å²) in [7, 11) is 0. The summed E-state index contributed by atoms with van der Waals surface area (Å²) in [5.41, 5.74) is 0.855. The molecular formula is C14H17N3OS2. The van der Waals surface area contributed by atoms with Crippen molar-refractivity contribution in [2.24, 2.45) is 0 Å². The number of rotatable bonds is 2. The first kappa shape index (κ1) is 13.7. The first-order valence-electron chi connectivity index (χ1n) is 6.78. The van der Waals surface area contributed by atoms with Gasteiger partial charge in [-0.15, -0.1) is 22.7 Å². The third kappa shape index (κ3) is 2.62. The van der Waals surface area contributed by atoms with Crippen LogP contribution in [-0.2, 0) is 0 Å². The van der Waals surface area contributed by atoms with Crippen molar-refractivity contribution >= 4 is 28.6 Å². The van der Waals surface area contributed by atoms with Gasteiger partial charge in [-0.1, -0.05) is 0 Å². The zero-order valence-corrected chi connectivity index (χ0v) is 13.3. The summed E-state index contributed by atoms with van der Waals surface area (Å²) >= 11 is 3.19. The van der Waals surface area contributed by atoms with Crippen LogP contribution in [0.1, 0.15) is 44.1 Å². The van der Waals surface area contributed by atoms with Gasteiger partial charge in [-0.3, -0.25) is 4.79 Å². The molecule has 0 spiro atoms. The van der Waals surface area contributed by atoms with E-state index >= 15 is 0 Å². The number of carbonyl (C=O) groups is 1. The topological polar surface area (TPSA) is 46.1 Å². The minimum absolute atomic E-state index is 0.134. The van der Waals surface area contributed by atoms with E-state index in [0.717, 1.165) is 46.5 Å². The predicted octanol–water partition coefficient (Wildman–Crippen LogP) is 3.24. The molecular weight excluding hydrogens is 290 g/mol. The number of hydrogen-bond acceptors (Lipinski definition) is 5. The Morgan fingerprint density at radius 1 is 1.45 bits per heavy atom. The highest BCUT2D eigenvalue weighted by molar-refractivity contribution is 7.13. The average molecular weight is 307 g/mol. The summed E-state index contributed by atoms with van der Waals surface area (Å²) in [6.45, 7) is 5.49. The summed E-state index contributed by atoms with van der Waals surface area (Å²) in [5, 5.41) is 4.12. The van der Waals surface area contributed by atoms with E-state index in [1.54, 1.807) is 11.3 Å². The Kier molecular flexibility index (Phi) is 3.85. The van der Waals surface area contributed by atoms with Gasteiger partial charge in [0.1, 0.15) is 4.88 Å². The molecule has 4 nitrogen and oxygen atoms in total. The number of piperidine rings is 1. The molecule has 6 heteroatoms. The molecule has 2 aromatic rings. The van der Waals surface area contributed by atoms with Crippen LogP contribution in [0, 0.1) is 13.8 Å². The molecule has 20 heavy (non-hydrogen) atoms. The first-order valence-corrected chi connectivity index (χ1v) is 8.47. The standard InChI is InChI=1S/C14H17N3OS2/c1-9-12(20-10(2)16-9)14(18)17-6-3-4-11(8-17)13-15-5-7-19-13/h5,7,11H,3-4,6,8H2,1-2H3/t11-/m1/s1. The van der Waals surface area contributed by atoms with E-state index in [4.69, 9.17) is 0 Å². The van der Waals surface area contributed by atoms with Gasteiger partial charge in [0.2, 0.25) is 0 Å². The lowest BCUT2D eigenvalue weighted by Gasteiger charge is -2.31. The number of carbonyl (C=O) groups excluding carboxylic acids is 1. The third-order valence-corrected chi connectivity index (χ3v) is 5.61. The molecule has 3 rings (SSSR count). The molecule has 0 saturated carbocycles. The molecule has 1 atom stereocenters. The lowest BCUT2D eigenvalue weighted by molar-refractivity contribution is 0.0711. The molecule has 0 unspecified atom stereocenters. The quantitative estimate of drug-likeness (QED) is 0.855. The maximum atomic E-state index is 12.6. The van der Waals surface area contributed by atoms with Gasteiger partial charge in [0.15, 0.2) is 0 Å². The summed E-state index contributed by atoms with van der Waals surface area (Å²) in [6.07, 6.45) is 4.02. The Bertz CT molecular complexity index is 606. The van der Waals surface area contributed by atoms with Gasteiger partial charge in [-0.25, -0.2) is 9.97 Å². The SMILES string of the molecule is Cc1nc(C)c(C(=O)N2CCC[C@@H](c3nccs3)C2)s1. The molecule has 0 bridgehead atoms. The monoisotopic (exact) mass is 307 g/mol. The molecule has 0 N–H and O–H groups in total. The Morgan fingerprint density at radius 3 is 2.95 bits per heavy atom. The summed E-state index contributed by atoms with van der Waals surface area (Å²) in [6, 6.07) is 0. The summed E-state index contributed by atoms with van der Waals surface area (Å²) in [4.78, 5) is 24.1. The van der Waals surface area contributed by atoms with Crippen molar-refractivity contribution in [3.63, 3.8) is 0 Å². The summed E-state index contributed by atoms with van der Waals surface area (Å²) in [5.74, 6) is 0.524. The number of likely N-dealkylation sites (tertiary alicyclic amines) is 1. The molecule has 3 heterocycles. The Hall–Kier alpha value is -1.27. The van der Waals surface area contributed by atoms with Gasteiger partial charge in [0, 0.05) is 30.6 Å². The van der Waals surface area contributed by atoms with Crippen LogP contribution in [0.15, 0.2) is 11.6 Å². The molecule has 106 valence electrons. The van der Waals surface area contributed by atoms with Crippen LogP contribution in [0.4, 0.5) is 0 Å². The van der Waals surface area contributed by atoms with E-state index in [-0.39, 0.29) is 5.91 Å². The van der Waals surface area contributed by atoms with Crippen LogP contribution < -0.4 is 0 Å². The van der Waals surface area contributed by atoms with E-state index in [0.29, 0.717) is 5.92 Å². The zero-order valence-electron chi connectivity index (χ0n) is 11.6. The minimum atomic E-state index is 0.134. The number of aryl methyl sites for hydroxylation is 2. The van der Waals surface area contributed by atoms with Crippen molar-refractivity contribution in [3.8, 4) is 0 Å². The highest BCUT2D eigenvalue weighted by Crippen LogP contribution is 2.30. The van der Waals surface area contributed by atoms with Crippen molar-refractivity contribution in [1.82, 2.24) is 14.9 Å². The predicted molar refractivity (Wildman–Crippen MR) is 81.6 cm³/mol. The number of amides is 1. The van der Waals surface area contributed by atoms with Crippen LogP contribution in [0.3, 0.4) is 0 Å². The molecule has 0 radical (unpaired) electrons. The zero-order chi connectivity index (χ0) is 14.1. The van der Waals surface area contributed by atoms with Crippen molar-refractivity contribution in [1.29, 1.82) is 0 Å². The van der Waals surface area contributed by atoms with Gasteiger partial charge >= 0.3 is 0 Å². The highest BCUT2D eigenvalue weighted by atomic mass is 32.1. The van der Waals surface area contributed by atoms with E-state index in [1.807, 2.05) is 30.3 Å². The van der Waals surface area contributed by atoms with Gasteiger partial charge in [0.25, 0.3) is 5.91 Å². The van der Waals surface area contributed by atoms with Gasteiger partial charge in [0.05, 0.1) is 15.7 Å². The fourth-order valence-electron chi connectivity index (χ4n) is 2.67. The molecule has 1 saturated heterocycles. The third-order valence-electron chi connectivity index (χ3n) is 3.61. The second-order valence-electron chi connectivity index (χ2n) is 5.11. The average Bonchev–Trinajstić information content (AvgIpc) is 3.08. The van der Waals surface area contributed by atoms with E-state index < -0.39 is 0 Å². The van der Waals surface area contributed by atoms with Crippen LogP contribution in [0.25, 0.3) is 0 Å².